The fraction of sp³-hybridized carbons (Fsp3) is 0.211. The maximum Gasteiger partial charge on any atom is 0.240 e. The Morgan fingerprint density at radius 2 is 1.60 bits per heavy atom. The van der Waals surface area contributed by atoms with Gasteiger partial charge in [-0.25, -0.2) is 5.43 Å². The topological polar surface area (TPSA) is 70.6 Å². The predicted octanol–water partition coefficient (Wildman–Crippen LogP) is 3.39. The van der Waals surface area contributed by atoms with Crippen LogP contribution < -0.4 is 10.7 Å². The van der Waals surface area contributed by atoms with Crippen molar-refractivity contribution in [2.75, 3.05) is 0 Å². The van der Waals surface area contributed by atoms with Crippen molar-refractivity contribution in [2.45, 2.75) is 26.3 Å². The number of hydrogen-bond donors (Lipinski definition) is 2. The number of benzene rings is 2. The van der Waals surface area contributed by atoms with Gasteiger partial charge < -0.3 is 5.32 Å². The number of carbonyl (C=O) groups excluding carboxylic acids is 2. The number of amides is 2. The minimum atomic E-state index is -0.286. The zero-order valence-corrected chi connectivity index (χ0v) is 15.5. The fourth-order valence-electron chi connectivity index (χ4n) is 2.07. The van der Waals surface area contributed by atoms with Gasteiger partial charge in [0, 0.05) is 23.9 Å². The second-order valence-electron chi connectivity index (χ2n) is 5.50. The van der Waals surface area contributed by atoms with Crippen LogP contribution in [0.2, 0.25) is 0 Å². The zero-order chi connectivity index (χ0) is 18.1. The molecular weight excluding hydrogens is 382 g/mol. The lowest BCUT2D eigenvalue weighted by atomic mass is 10.1. The van der Waals surface area contributed by atoms with Crippen LogP contribution in [0.1, 0.15) is 30.9 Å². The Kier molecular flexibility index (Phi) is 7.35. The van der Waals surface area contributed by atoms with Gasteiger partial charge in [0.2, 0.25) is 11.8 Å². The third kappa shape index (κ3) is 6.89. The molecular formula is C19H20BrN3O2. The molecule has 2 aromatic carbocycles. The minimum absolute atomic E-state index is 0.0950. The summed E-state index contributed by atoms with van der Waals surface area (Å²) in [7, 11) is 0. The molecule has 0 fully saturated rings. The largest absolute Gasteiger partial charge is 0.352 e. The molecule has 0 bridgehead atoms. The van der Waals surface area contributed by atoms with Crippen molar-refractivity contribution in [3.8, 4) is 0 Å². The second-order valence-corrected chi connectivity index (χ2v) is 6.42. The maximum atomic E-state index is 11.8. The summed E-state index contributed by atoms with van der Waals surface area (Å²) in [6.45, 7) is 2.28. The van der Waals surface area contributed by atoms with E-state index in [9.17, 15) is 9.59 Å². The molecule has 2 amide bonds. The van der Waals surface area contributed by atoms with E-state index < -0.39 is 0 Å². The van der Waals surface area contributed by atoms with Gasteiger partial charge in [-0.15, -0.1) is 0 Å². The smallest absolute Gasteiger partial charge is 0.240 e. The van der Waals surface area contributed by atoms with Crippen molar-refractivity contribution < 1.29 is 9.59 Å². The SMILES string of the molecule is C/C(=N/NC(=O)CCC(=O)NCc1ccccc1)c1ccc(Br)cc1. The van der Waals surface area contributed by atoms with Crippen LogP contribution >= 0.6 is 15.9 Å². The highest BCUT2D eigenvalue weighted by Crippen LogP contribution is 2.11. The number of halogens is 1. The highest BCUT2D eigenvalue weighted by Gasteiger charge is 2.06. The summed E-state index contributed by atoms with van der Waals surface area (Å²) in [6, 6.07) is 17.3. The summed E-state index contributed by atoms with van der Waals surface area (Å²) in [6.07, 6.45) is 0.225. The summed E-state index contributed by atoms with van der Waals surface area (Å²) in [5.41, 5.74) is 5.13. The van der Waals surface area contributed by atoms with E-state index >= 15 is 0 Å². The Morgan fingerprint density at radius 1 is 0.960 bits per heavy atom. The lowest BCUT2D eigenvalue weighted by Crippen LogP contribution is -2.26. The van der Waals surface area contributed by atoms with Crippen molar-refractivity contribution >= 4 is 33.5 Å². The standard InChI is InChI=1S/C19H20BrN3O2/c1-14(16-7-9-17(20)10-8-16)22-23-19(25)12-11-18(24)21-13-15-5-3-2-4-6-15/h2-10H,11-13H2,1H3,(H,21,24)(H,23,25)/b22-14-. The first kappa shape index (κ1) is 18.9. The second kappa shape index (κ2) is 9.74. The number of nitrogens with one attached hydrogen (secondary N) is 2. The van der Waals surface area contributed by atoms with E-state index in [2.05, 4.69) is 31.8 Å². The first-order chi connectivity index (χ1) is 12.0. The van der Waals surface area contributed by atoms with Gasteiger partial charge in [0.05, 0.1) is 5.71 Å². The summed E-state index contributed by atoms with van der Waals surface area (Å²) in [4.78, 5) is 23.6. The zero-order valence-electron chi connectivity index (χ0n) is 14.0. The summed E-state index contributed by atoms with van der Waals surface area (Å²) < 4.78 is 0.981. The van der Waals surface area contributed by atoms with E-state index in [-0.39, 0.29) is 24.7 Å². The minimum Gasteiger partial charge on any atom is -0.352 e. The molecule has 0 heterocycles. The average molecular weight is 402 g/mol. The molecule has 0 aliphatic rings. The molecule has 0 aliphatic carbocycles. The Morgan fingerprint density at radius 3 is 2.28 bits per heavy atom. The average Bonchev–Trinajstić information content (AvgIpc) is 2.64. The molecule has 25 heavy (non-hydrogen) atoms. The van der Waals surface area contributed by atoms with Crippen LogP contribution in [0.15, 0.2) is 64.2 Å². The van der Waals surface area contributed by atoms with Crippen molar-refractivity contribution in [3.05, 3.63) is 70.2 Å². The molecule has 0 radical (unpaired) electrons. The van der Waals surface area contributed by atoms with E-state index in [0.29, 0.717) is 12.3 Å². The first-order valence-electron chi connectivity index (χ1n) is 7.94. The molecule has 5 nitrogen and oxygen atoms in total. The lowest BCUT2D eigenvalue weighted by Gasteiger charge is -2.05. The molecule has 130 valence electrons. The van der Waals surface area contributed by atoms with E-state index in [4.69, 9.17) is 0 Å². The van der Waals surface area contributed by atoms with Crippen molar-refractivity contribution in [2.24, 2.45) is 5.10 Å². The molecule has 2 N–H and O–H groups in total. The molecule has 0 saturated heterocycles. The normalized spacial score (nSPS) is 11.0. The number of hydrazone groups is 1. The van der Waals surface area contributed by atoms with Crippen molar-refractivity contribution in [3.63, 3.8) is 0 Å². The van der Waals surface area contributed by atoms with Gasteiger partial charge in [-0.1, -0.05) is 58.4 Å². The molecule has 0 spiro atoms. The van der Waals surface area contributed by atoms with Crippen LogP contribution in [0.25, 0.3) is 0 Å². The number of carbonyl (C=O) groups is 2. The Hall–Kier alpha value is -2.47. The van der Waals surface area contributed by atoms with Gasteiger partial charge in [-0.05, 0) is 30.2 Å². The number of hydrogen-bond acceptors (Lipinski definition) is 3. The van der Waals surface area contributed by atoms with Gasteiger partial charge in [0.25, 0.3) is 0 Å². The third-order valence-electron chi connectivity index (χ3n) is 3.52. The molecule has 0 aliphatic heterocycles. The molecule has 0 unspecified atom stereocenters. The van der Waals surface area contributed by atoms with Gasteiger partial charge in [-0.2, -0.15) is 5.10 Å². The van der Waals surface area contributed by atoms with Gasteiger partial charge >= 0.3 is 0 Å². The van der Waals surface area contributed by atoms with Crippen LogP contribution in [0.3, 0.4) is 0 Å². The summed E-state index contributed by atoms with van der Waals surface area (Å²) >= 11 is 3.37. The van der Waals surface area contributed by atoms with E-state index in [1.54, 1.807) is 0 Å². The monoisotopic (exact) mass is 401 g/mol. The number of nitrogens with zero attached hydrogens (tertiary/aromatic N) is 1. The first-order valence-corrected chi connectivity index (χ1v) is 8.73. The molecule has 0 atom stereocenters. The quantitative estimate of drug-likeness (QED) is 0.551. The molecule has 0 saturated carbocycles. The van der Waals surface area contributed by atoms with E-state index in [1.807, 2.05) is 61.5 Å². The third-order valence-corrected chi connectivity index (χ3v) is 4.05. The molecule has 2 aromatic rings. The Bertz CT molecular complexity index is 743. The Balaban J connectivity index is 1.71. The van der Waals surface area contributed by atoms with Crippen LogP contribution in [-0.4, -0.2) is 17.5 Å². The molecule has 0 aromatic heterocycles. The van der Waals surface area contributed by atoms with E-state index in [0.717, 1.165) is 15.6 Å². The van der Waals surface area contributed by atoms with Crippen molar-refractivity contribution in [1.29, 1.82) is 0 Å². The molecule has 2 rings (SSSR count). The highest BCUT2D eigenvalue weighted by atomic mass is 79.9. The predicted molar refractivity (Wildman–Crippen MR) is 102 cm³/mol. The maximum absolute atomic E-state index is 11.8. The summed E-state index contributed by atoms with van der Waals surface area (Å²) in [5, 5.41) is 6.86. The number of rotatable bonds is 7. The molecule has 6 heteroatoms. The van der Waals surface area contributed by atoms with Crippen LogP contribution in [-0.2, 0) is 16.1 Å². The lowest BCUT2D eigenvalue weighted by molar-refractivity contribution is -0.126. The van der Waals surface area contributed by atoms with E-state index in [1.165, 1.54) is 0 Å². The van der Waals surface area contributed by atoms with Gasteiger partial charge in [0.15, 0.2) is 0 Å². The Labute approximate surface area is 155 Å². The van der Waals surface area contributed by atoms with Gasteiger partial charge in [-0.3, -0.25) is 9.59 Å². The van der Waals surface area contributed by atoms with Crippen LogP contribution in [0, 0.1) is 0 Å². The van der Waals surface area contributed by atoms with Gasteiger partial charge in [0.1, 0.15) is 0 Å². The van der Waals surface area contributed by atoms with Crippen LogP contribution in [0.5, 0.6) is 0 Å². The van der Waals surface area contributed by atoms with Crippen LogP contribution in [0.4, 0.5) is 0 Å². The van der Waals surface area contributed by atoms with Crippen molar-refractivity contribution in [1.82, 2.24) is 10.7 Å². The summed E-state index contributed by atoms with van der Waals surface area (Å²) in [5.74, 6) is -0.445. The highest BCUT2D eigenvalue weighted by molar-refractivity contribution is 9.10. The fourth-order valence-corrected chi connectivity index (χ4v) is 2.33.